The lowest BCUT2D eigenvalue weighted by molar-refractivity contribution is 0.285. The van der Waals surface area contributed by atoms with Crippen molar-refractivity contribution < 1.29 is 0 Å². The summed E-state index contributed by atoms with van der Waals surface area (Å²) in [7, 11) is 0. The fourth-order valence-electron chi connectivity index (χ4n) is 1.76. The van der Waals surface area contributed by atoms with Crippen LogP contribution in [0.2, 0.25) is 5.02 Å². The van der Waals surface area contributed by atoms with E-state index < -0.39 is 0 Å². The van der Waals surface area contributed by atoms with Gasteiger partial charge in [0.05, 0.1) is 6.20 Å². The normalized spacial score (nSPS) is 18.3. The van der Waals surface area contributed by atoms with E-state index in [-0.39, 0.29) is 5.95 Å². The summed E-state index contributed by atoms with van der Waals surface area (Å²) in [4.78, 5) is 7.90. The van der Waals surface area contributed by atoms with Crippen molar-refractivity contribution in [1.82, 2.24) is 9.97 Å². The molecule has 1 aliphatic carbocycles. The summed E-state index contributed by atoms with van der Waals surface area (Å²) in [5, 5.41) is 3.81. The average molecular weight is 227 g/mol. The molecule has 0 aromatic carbocycles. The molecular formula is C10H15ClN4. The van der Waals surface area contributed by atoms with Crippen molar-refractivity contribution in [3.05, 3.63) is 11.2 Å². The van der Waals surface area contributed by atoms with Crippen LogP contribution in [0.5, 0.6) is 0 Å². The van der Waals surface area contributed by atoms with Crippen LogP contribution >= 0.6 is 11.6 Å². The minimum atomic E-state index is 0.253. The summed E-state index contributed by atoms with van der Waals surface area (Å²) in [6.45, 7) is 2.15. The molecule has 1 unspecified atom stereocenters. The Labute approximate surface area is 94.2 Å². The van der Waals surface area contributed by atoms with Crippen LogP contribution in [-0.2, 0) is 0 Å². The maximum Gasteiger partial charge on any atom is 0.222 e. The van der Waals surface area contributed by atoms with Gasteiger partial charge in [-0.2, -0.15) is 4.98 Å². The van der Waals surface area contributed by atoms with E-state index in [1.54, 1.807) is 0 Å². The summed E-state index contributed by atoms with van der Waals surface area (Å²) < 4.78 is 0. The zero-order chi connectivity index (χ0) is 10.8. The van der Waals surface area contributed by atoms with Gasteiger partial charge in [0.2, 0.25) is 5.95 Å². The molecule has 1 atom stereocenters. The molecule has 0 amide bonds. The van der Waals surface area contributed by atoms with E-state index in [1.807, 2.05) is 0 Å². The van der Waals surface area contributed by atoms with Gasteiger partial charge >= 0.3 is 0 Å². The predicted octanol–water partition coefficient (Wildman–Crippen LogP) is 2.31. The quantitative estimate of drug-likeness (QED) is 0.830. The minimum Gasteiger partial charge on any atom is -0.368 e. The number of hydrogen-bond acceptors (Lipinski definition) is 4. The Morgan fingerprint density at radius 1 is 1.60 bits per heavy atom. The zero-order valence-electron chi connectivity index (χ0n) is 8.70. The Morgan fingerprint density at radius 2 is 2.33 bits per heavy atom. The molecule has 1 aromatic heterocycles. The van der Waals surface area contributed by atoms with Gasteiger partial charge < -0.3 is 11.1 Å². The lowest BCUT2D eigenvalue weighted by Crippen LogP contribution is -2.31. The van der Waals surface area contributed by atoms with Gasteiger partial charge in [-0.1, -0.05) is 18.0 Å². The number of nitrogens with one attached hydrogen (secondary N) is 1. The van der Waals surface area contributed by atoms with E-state index in [4.69, 9.17) is 17.3 Å². The third-order valence-corrected chi connectivity index (χ3v) is 3.26. The van der Waals surface area contributed by atoms with Gasteiger partial charge in [-0.05, 0) is 25.7 Å². The van der Waals surface area contributed by atoms with Gasteiger partial charge in [0.25, 0.3) is 0 Å². The van der Waals surface area contributed by atoms with Crippen molar-refractivity contribution in [3.8, 4) is 0 Å². The first-order valence-corrected chi connectivity index (χ1v) is 5.59. The Kier molecular flexibility index (Phi) is 2.95. The molecular weight excluding hydrogens is 212 g/mol. The second-order valence-corrected chi connectivity index (χ2v) is 4.46. The number of rotatable bonds is 3. The summed E-state index contributed by atoms with van der Waals surface area (Å²) in [5.74, 6) is 1.63. The van der Waals surface area contributed by atoms with Gasteiger partial charge in [0.15, 0.2) is 5.82 Å². The van der Waals surface area contributed by atoms with Crippen LogP contribution in [-0.4, -0.2) is 16.0 Å². The van der Waals surface area contributed by atoms with Crippen molar-refractivity contribution in [2.75, 3.05) is 11.1 Å². The van der Waals surface area contributed by atoms with Gasteiger partial charge in [0, 0.05) is 6.04 Å². The van der Waals surface area contributed by atoms with Crippen LogP contribution in [0.15, 0.2) is 6.20 Å². The first-order chi connectivity index (χ1) is 7.16. The lowest BCUT2D eigenvalue weighted by Gasteiger charge is -2.32. The van der Waals surface area contributed by atoms with E-state index in [0.29, 0.717) is 16.9 Å². The summed E-state index contributed by atoms with van der Waals surface area (Å²) in [6.07, 6.45) is 5.43. The topological polar surface area (TPSA) is 63.8 Å². The van der Waals surface area contributed by atoms with Crippen LogP contribution in [0.3, 0.4) is 0 Å². The fraction of sp³-hybridized carbons (Fsp3) is 0.600. The molecule has 0 bridgehead atoms. The van der Waals surface area contributed by atoms with Gasteiger partial charge in [-0.3, -0.25) is 0 Å². The number of anilines is 2. The van der Waals surface area contributed by atoms with Crippen molar-refractivity contribution >= 4 is 23.4 Å². The Morgan fingerprint density at radius 3 is 2.93 bits per heavy atom. The monoisotopic (exact) mass is 226 g/mol. The highest BCUT2D eigenvalue weighted by atomic mass is 35.5. The van der Waals surface area contributed by atoms with E-state index >= 15 is 0 Å². The Bertz CT molecular complexity index is 351. The highest BCUT2D eigenvalue weighted by Crippen LogP contribution is 2.31. The molecule has 15 heavy (non-hydrogen) atoms. The maximum absolute atomic E-state index is 5.96. The standard InChI is InChI=1S/C10H15ClN4/c1-6(7-3-2-4-7)14-9-8(11)5-13-10(12)15-9/h5-7H,2-4H2,1H3,(H3,12,13,14,15). The molecule has 1 fully saturated rings. The molecule has 0 radical (unpaired) electrons. The molecule has 0 saturated heterocycles. The zero-order valence-corrected chi connectivity index (χ0v) is 9.46. The number of nitrogens with zero attached hydrogens (tertiary/aromatic N) is 2. The summed E-state index contributed by atoms with van der Waals surface area (Å²) in [6, 6.07) is 0.394. The molecule has 0 spiro atoms. The van der Waals surface area contributed by atoms with Crippen molar-refractivity contribution in [1.29, 1.82) is 0 Å². The lowest BCUT2D eigenvalue weighted by atomic mass is 9.80. The SMILES string of the molecule is CC(Nc1nc(N)ncc1Cl)C1CCC1. The largest absolute Gasteiger partial charge is 0.368 e. The number of nitrogens with two attached hydrogens (primary N) is 1. The van der Waals surface area contributed by atoms with E-state index in [9.17, 15) is 0 Å². The molecule has 3 N–H and O–H groups in total. The second-order valence-electron chi connectivity index (χ2n) is 4.05. The highest BCUT2D eigenvalue weighted by molar-refractivity contribution is 6.32. The maximum atomic E-state index is 5.96. The molecule has 5 heteroatoms. The van der Waals surface area contributed by atoms with Crippen molar-refractivity contribution in [2.24, 2.45) is 5.92 Å². The molecule has 4 nitrogen and oxygen atoms in total. The minimum absolute atomic E-state index is 0.253. The van der Waals surface area contributed by atoms with Gasteiger partial charge in [0.1, 0.15) is 5.02 Å². The molecule has 1 heterocycles. The molecule has 1 aromatic rings. The third kappa shape index (κ3) is 2.31. The first-order valence-electron chi connectivity index (χ1n) is 5.21. The molecule has 2 rings (SSSR count). The van der Waals surface area contributed by atoms with Crippen LogP contribution in [0.1, 0.15) is 26.2 Å². The van der Waals surface area contributed by atoms with Crippen molar-refractivity contribution in [2.45, 2.75) is 32.2 Å². The highest BCUT2D eigenvalue weighted by Gasteiger charge is 2.24. The van der Waals surface area contributed by atoms with Gasteiger partial charge in [-0.25, -0.2) is 4.98 Å². The number of halogens is 1. The number of aromatic nitrogens is 2. The molecule has 0 aliphatic heterocycles. The average Bonchev–Trinajstić information content (AvgIpc) is 2.08. The molecule has 82 valence electrons. The fourth-order valence-corrected chi connectivity index (χ4v) is 1.90. The first kappa shape index (κ1) is 10.5. The Balaban J connectivity index is 2.05. The molecule has 1 aliphatic rings. The smallest absolute Gasteiger partial charge is 0.222 e. The Hall–Kier alpha value is -1.03. The van der Waals surface area contributed by atoms with Crippen LogP contribution in [0.4, 0.5) is 11.8 Å². The van der Waals surface area contributed by atoms with E-state index in [0.717, 1.165) is 5.92 Å². The summed E-state index contributed by atoms with van der Waals surface area (Å²) >= 11 is 5.96. The van der Waals surface area contributed by atoms with E-state index in [2.05, 4.69) is 22.2 Å². The number of nitrogen functional groups attached to an aromatic ring is 1. The number of hydrogen-bond donors (Lipinski definition) is 2. The third-order valence-electron chi connectivity index (χ3n) is 2.98. The van der Waals surface area contributed by atoms with Crippen LogP contribution in [0.25, 0.3) is 0 Å². The van der Waals surface area contributed by atoms with Crippen molar-refractivity contribution in [3.63, 3.8) is 0 Å². The second kappa shape index (κ2) is 4.23. The predicted molar refractivity (Wildman–Crippen MR) is 61.9 cm³/mol. The summed E-state index contributed by atoms with van der Waals surface area (Å²) in [5.41, 5.74) is 5.50. The van der Waals surface area contributed by atoms with Crippen LogP contribution in [0, 0.1) is 5.92 Å². The molecule has 1 saturated carbocycles. The van der Waals surface area contributed by atoms with Gasteiger partial charge in [-0.15, -0.1) is 0 Å². The van der Waals surface area contributed by atoms with Crippen LogP contribution < -0.4 is 11.1 Å². The van der Waals surface area contributed by atoms with E-state index in [1.165, 1.54) is 25.5 Å².